The fourth-order valence-electron chi connectivity index (χ4n) is 2.48. The normalized spacial score (nSPS) is 11.3. The average Bonchev–Trinajstić information content (AvgIpc) is 2.46. The largest absolute Gasteiger partial charge is 0.325 e. The van der Waals surface area contributed by atoms with Gasteiger partial charge in [0.1, 0.15) is 0 Å². The van der Waals surface area contributed by atoms with Gasteiger partial charge in [-0.25, -0.2) is 8.42 Å². The van der Waals surface area contributed by atoms with Gasteiger partial charge in [-0.1, -0.05) is 35.9 Å². The monoisotopic (exact) mass is 331 g/mol. The summed E-state index contributed by atoms with van der Waals surface area (Å²) >= 11 is 0. The van der Waals surface area contributed by atoms with Gasteiger partial charge in [0.2, 0.25) is 5.91 Å². The summed E-state index contributed by atoms with van der Waals surface area (Å²) in [5.74, 6) is -0.193. The fraction of sp³-hybridized carbons (Fsp3) is 0.278. The van der Waals surface area contributed by atoms with Crippen molar-refractivity contribution in [2.75, 3.05) is 11.6 Å². The fourth-order valence-corrected chi connectivity index (χ4v) is 3.32. The van der Waals surface area contributed by atoms with Crippen LogP contribution in [0, 0.1) is 13.8 Å². The molecular weight excluding hydrogens is 310 g/mol. The molecule has 4 nitrogen and oxygen atoms in total. The second kappa shape index (κ2) is 6.96. The number of benzene rings is 2. The maximum atomic E-state index is 12.1. The zero-order valence-corrected chi connectivity index (χ0v) is 14.4. The van der Waals surface area contributed by atoms with E-state index in [-0.39, 0.29) is 10.8 Å². The van der Waals surface area contributed by atoms with E-state index < -0.39 is 9.84 Å². The lowest BCUT2D eigenvalue weighted by Gasteiger charge is -2.10. The molecule has 0 aliphatic carbocycles. The van der Waals surface area contributed by atoms with Gasteiger partial charge in [0.25, 0.3) is 0 Å². The molecule has 1 N–H and O–H groups in total. The van der Waals surface area contributed by atoms with Crippen molar-refractivity contribution >= 4 is 21.4 Å². The molecule has 0 unspecified atom stereocenters. The molecule has 2 aromatic rings. The minimum Gasteiger partial charge on any atom is -0.325 e. The number of amides is 1. The van der Waals surface area contributed by atoms with Crippen molar-refractivity contribution in [3.05, 3.63) is 59.2 Å². The smallest absolute Gasteiger partial charge is 0.224 e. The third-order valence-corrected chi connectivity index (χ3v) is 4.84. The molecule has 5 heteroatoms. The summed E-state index contributed by atoms with van der Waals surface area (Å²) in [6.45, 7) is 4.06. The number of hydrogen-bond acceptors (Lipinski definition) is 3. The van der Waals surface area contributed by atoms with Crippen LogP contribution in [0.4, 0.5) is 5.69 Å². The Labute approximate surface area is 137 Å². The van der Waals surface area contributed by atoms with Crippen LogP contribution in [0.15, 0.2) is 47.4 Å². The van der Waals surface area contributed by atoms with Crippen LogP contribution in [0.3, 0.4) is 0 Å². The molecule has 23 heavy (non-hydrogen) atoms. The summed E-state index contributed by atoms with van der Waals surface area (Å²) in [6.07, 6.45) is 2.06. The van der Waals surface area contributed by atoms with E-state index in [4.69, 9.17) is 0 Å². The highest BCUT2D eigenvalue weighted by Gasteiger charge is 2.14. The Morgan fingerprint density at radius 3 is 2.43 bits per heavy atom. The Balaban J connectivity index is 2.06. The number of carbonyl (C=O) groups is 1. The van der Waals surface area contributed by atoms with Gasteiger partial charge >= 0.3 is 0 Å². The number of nitrogens with one attached hydrogen (secondary N) is 1. The van der Waals surface area contributed by atoms with Crippen molar-refractivity contribution in [2.45, 2.75) is 31.6 Å². The van der Waals surface area contributed by atoms with E-state index in [0.29, 0.717) is 18.5 Å². The maximum absolute atomic E-state index is 12.1. The van der Waals surface area contributed by atoms with Crippen molar-refractivity contribution in [1.29, 1.82) is 0 Å². The van der Waals surface area contributed by atoms with E-state index in [9.17, 15) is 13.2 Å². The summed E-state index contributed by atoms with van der Waals surface area (Å²) in [5.41, 5.74) is 3.81. The van der Waals surface area contributed by atoms with E-state index >= 15 is 0 Å². The Kier molecular flexibility index (Phi) is 5.21. The molecule has 0 atom stereocenters. The molecular formula is C18H21NO3S. The number of sulfone groups is 1. The average molecular weight is 331 g/mol. The summed E-state index contributed by atoms with van der Waals surface area (Å²) in [5, 5.41) is 2.70. The van der Waals surface area contributed by atoms with Crippen LogP contribution in [0.25, 0.3) is 0 Å². The first kappa shape index (κ1) is 17.2. The lowest BCUT2D eigenvalue weighted by molar-refractivity contribution is -0.116. The summed E-state index contributed by atoms with van der Waals surface area (Å²) in [4.78, 5) is 12.3. The Morgan fingerprint density at radius 1 is 1.09 bits per heavy atom. The predicted molar refractivity (Wildman–Crippen MR) is 92.4 cm³/mol. The number of anilines is 1. The van der Waals surface area contributed by atoms with Crippen molar-refractivity contribution < 1.29 is 13.2 Å². The molecule has 0 aliphatic rings. The van der Waals surface area contributed by atoms with E-state index in [0.717, 1.165) is 17.4 Å². The van der Waals surface area contributed by atoms with Crippen LogP contribution in [-0.2, 0) is 21.1 Å². The highest BCUT2D eigenvalue weighted by Crippen LogP contribution is 2.21. The molecule has 0 aliphatic heterocycles. The van der Waals surface area contributed by atoms with Crippen molar-refractivity contribution in [2.24, 2.45) is 0 Å². The van der Waals surface area contributed by atoms with Crippen molar-refractivity contribution in [3.8, 4) is 0 Å². The molecule has 0 saturated carbocycles. The Hall–Kier alpha value is -2.14. The molecule has 0 bridgehead atoms. The number of carbonyl (C=O) groups excluding carboxylic acids is 1. The minimum atomic E-state index is -3.37. The highest BCUT2D eigenvalue weighted by molar-refractivity contribution is 7.90. The molecule has 2 rings (SSSR count). The lowest BCUT2D eigenvalue weighted by atomic mass is 10.0. The third-order valence-electron chi connectivity index (χ3n) is 3.68. The van der Waals surface area contributed by atoms with Crippen LogP contribution in [0.1, 0.15) is 23.1 Å². The van der Waals surface area contributed by atoms with E-state index in [1.54, 1.807) is 18.2 Å². The Bertz CT molecular complexity index is 826. The maximum Gasteiger partial charge on any atom is 0.224 e. The minimum absolute atomic E-state index is 0.139. The number of hydrogen-bond donors (Lipinski definition) is 1. The molecule has 2 aromatic carbocycles. The van der Waals surface area contributed by atoms with E-state index in [1.807, 2.05) is 26.0 Å². The lowest BCUT2D eigenvalue weighted by Crippen LogP contribution is -2.15. The van der Waals surface area contributed by atoms with Gasteiger partial charge in [-0.3, -0.25) is 4.79 Å². The van der Waals surface area contributed by atoms with Gasteiger partial charge in [-0.2, -0.15) is 0 Å². The van der Waals surface area contributed by atoms with E-state index in [1.165, 1.54) is 11.6 Å². The highest BCUT2D eigenvalue weighted by atomic mass is 32.2. The van der Waals surface area contributed by atoms with Gasteiger partial charge in [0.15, 0.2) is 9.84 Å². The van der Waals surface area contributed by atoms with Crippen LogP contribution >= 0.6 is 0 Å². The van der Waals surface area contributed by atoms with Crippen LogP contribution < -0.4 is 5.32 Å². The first-order valence-electron chi connectivity index (χ1n) is 7.42. The SMILES string of the molecule is Cc1ccc(CCC(=O)Nc2ccccc2S(C)(=O)=O)c(C)c1. The van der Waals surface area contributed by atoms with E-state index in [2.05, 4.69) is 11.4 Å². The summed E-state index contributed by atoms with van der Waals surface area (Å²) in [7, 11) is -3.37. The predicted octanol–water partition coefficient (Wildman–Crippen LogP) is 3.28. The van der Waals surface area contributed by atoms with Crippen LogP contribution in [0.5, 0.6) is 0 Å². The molecule has 1 amide bonds. The first-order chi connectivity index (χ1) is 10.8. The third kappa shape index (κ3) is 4.66. The molecule has 0 spiro atoms. The first-order valence-corrected chi connectivity index (χ1v) is 9.31. The number of para-hydroxylation sites is 1. The topological polar surface area (TPSA) is 63.2 Å². The van der Waals surface area contributed by atoms with Crippen molar-refractivity contribution in [3.63, 3.8) is 0 Å². The summed E-state index contributed by atoms with van der Waals surface area (Å²) < 4.78 is 23.5. The second-order valence-corrected chi connectivity index (χ2v) is 7.73. The van der Waals surface area contributed by atoms with Crippen molar-refractivity contribution in [1.82, 2.24) is 0 Å². The molecule has 0 heterocycles. The standard InChI is InChI=1S/C18H21NO3S/c1-13-8-9-15(14(2)12-13)10-11-18(20)19-16-6-4-5-7-17(16)23(3,21)22/h4-9,12H,10-11H2,1-3H3,(H,19,20). The second-order valence-electron chi connectivity index (χ2n) is 5.75. The van der Waals surface area contributed by atoms with Crippen LogP contribution in [0.2, 0.25) is 0 Å². The van der Waals surface area contributed by atoms with Gasteiger partial charge in [0.05, 0.1) is 10.6 Å². The number of aryl methyl sites for hydroxylation is 3. The van der Waals surface area contributed by atoms with Gasteiger partial charge in [0, 0.05) is 12.7 Å². The molecule has 0 radical (unpaired) electrons. The zero-order chi connectivity index (χ0) is 17.0. The van der Waals surface area contributed by atoms with Gasteiger partial charge < -0.3 is 5.32 Å². The quantitative estimate of drug-likeness (QED) is 0.914. The molecule has 0 aromatic heterocycles. The Morgan fingerprint density at radius 2 is 1.78 bits per heavy atom. The summed E-state index contributed by atoms with van der Waals surface area (Å²) in [6, 6.07) is 12.6. The van der Waals surface area contributed by atoms with Crippen LogP contribution in [-0.4, -0.2) is 20.6 Å². The van der Waals surface area contributed by atoms with Gasteiger partial charge in [-0.05, 0) is 43.5 Å². The number of rotatable bonds is 5. The van der Waals surface area contributed by atoms with Gasteiger partial charge in [-0.15, -0.1) is 0 Å². The molecule has 0 fully saturated rings. The molecule has 122 valence electrons. The zero-order valence-electron chi connectivity index (χ0n) is 13.6. The molecule has 0 saturated heterocycles.